The van der Waals surface area contributed by atoms with Gasteiger partial charge < -0.3 is 9.47 Å². The summed E-state index contributed by atoms with van der Waals surface area (Å²) in [5, 5.41) is 0. The van der Waals surface area contributed by atoms with Crippen molar-refractivity contribution in [3.63, 3.8) is 0 Å². The Morgan fingerprint density at radius 2 is 1.65 bits per heavy atom. The van der Waals surface area contributed by atoms with E-state index in [-0.39, 0.29) is 17.3 Å². The molecule has 0 amide bonds. The molecule has 0 N–H and O–H groups in total. The van der Waals surface area contributed by atoms with E-state index in [9.17, 15) is 8.42 Å². The van der Waals surface area contributed by atoms with Crippen LogP contribution in [0.15, 0.2) is 35.2 Å². The predicted octanol–water partition coefficient (Wildman–Crippen LogP) is 3.81. The number of hydrogen-bond acceptors (Lipinski definition) is 4. The highest BCUT2D eigenvalue weighted by atomic mass is 32.2. The Kier molecular flexibility index (Phi) is 4.70. The quantitative estimate of drug-likeness (QED) is 0.836. The summed E-state index contributed by atoms with van der Waals surface area (Å²) in [7, 11) is -3.33. The molecule has 1 saturated heterocycles. The zero-order valence-corrected chi connectivity index (χ0v) is 15.7. The van der Waals surface area contributed by atoms with Crippen molar-refractivity contribution < 1.29 is 17.9 Å². The van der Waals surface area contributed by atoms with Gasteiger partial charge in [0.2, 0.25) is 0 Å². The average molecular weight is 340 g/mol. The van der Waals surface area contributed by atoms with Crippen molar-refractivity contribution in [3.8, 4) is 0 Å². The van der Waals surface area contributed by atoms with Crippen molar-refractivity contribution in [2.75, 3.05) is 5.75 Å². The van der Waals surface area contributed by atoms with Gasteiger partial charge in [0.15, 0.2) is 15.6 Å². The van der Waals surface area contributed by atoms with E-state index in [1.165, 1.54) is 0 Å². The third-order valence-corrected chi connectivity index (χ3v) is 5.92. The van der Waals surface area contributed by atoms with Gasteiger partial charge in [0, 0.05) is 0 Å². The van der Waals surface area contributed by atoms with Gasteiger partial charge in [-0.15, -0.1) is 0 Å². The Morgan fingerprint density at radius 3 is 2.17 bits per heavy atom. The van der Waals surface area contributed by atoms with Crippen LogP contribution in [0.1, 0.15) is 48.0 Å². The molecule has 0 bridgehead atoms. The fraction of sp³-hybridized carbons (Fsp3) is 0.667. The number of rotatable bonds is 4. The van der Waals surface area contributed by atoms with Crippen LogP contribution in [0.25, 0.3) is 0 Å². The zero-order valence-electron chi connectivity index (χ0n) is 14.9. The molecule has 1 aliphatic rings. The van der Waals surface area contributed by atoms with Crippen molar-refractivity contribution >= 4 is 9.84 Å². The van der Waals surface area contributed by atoms with Crippen molar-refractivity contribution in [3.05, 3.63) is 30.3 Å². The molecule has 0 aromatic heterocycles. The van der Waals surface area contributed by atoms with Crippen LogP contribution in [0.5, 0.6) is 0 Å². The lowest BCUT2D eigenvalue weighted by atomic mass is 9.78. The third-order valence-electron chi connectivity index (χ3n) is 4.19. The van der Waals surface area contributed by atoms with E-state index in [4.69, 9.17) is 9.47 Å². The number of benzene rings is 1. The van der Waals surface area contributed by atoms with Crippen LogP contribution < -0.4 is 0 Å². The van der Waals surface area contributed by atoms with Crippen molar-refractivity contribution in [2.24, 2.45) is 5.41 Å². The molecule has 5 heteroatoms. The summed E-state index contributed by atoms with van der Waals surface area (Å²) in [6.07, 6.45) is 0.228. The van der Waals surface area contributed by atoms with Gasteiger partial charge in [-0.2, -0.15) is 0 Å². The average Bonchev–Trinajstić information content (AvgIpc) is 2.68. The molecule has 130 valence electrons. The van der Waals surface area contributed by atoms with Crippen LogP contribution >= 0.6 is 0 Å². The second kappa shape index (κ2) is 5.87. The van der Waals surface area contributed by atoms with E-state index in [2.05, 4.69) is 20.8 Å². The summed E-state index contributed by atoms with van der Waals surface area (Å²) < 4.78 is 37.3. The molecular weight excluding hydrogens is 312 g/mol. The van der Waals surface area contributed by atoms with Crippen LogP contribution in [0.2, 0.25) is 0 Å². The van der Waals surface area contributed by atoms with Crippen LogP contribution in [-0.4, -0.2) is 31.7 Å². The van der Waals surface area contributed by atoms with Gasteiger partial charge in [0.25, 0.3) is 0 Å². The zero-order chi connectivity index (χ0) is 17.5. The molecular formula is C18H28O4S. The van der Waals surface area contributed by atoms with E-state index in [1.807, 2.05) is 26.8 Å². The molecule has 4 nitrogen and oxygen atoms in total. The molecule has 1 aromatic carbocycles. The van der Waals surface area contributed by atoms with Crippen LogP contribution in [0.4, 0.5) is 0 Å². The van der Waals surface area contributed by atoms with Crippen LogP contribution in [0, 0.1) is 5.41 Å². The standard InChI is InChI=1S/C18H28O4S/c1-16(2,3)15-18(6,22-17(4,5)21-15)12-13-23(19,20)14-10-8-7-9-11-14/h7-11,15H,12-13H2,1-6H3/t15-,18-/m1/s1. The first kappa shape index (κ1) is 18.4. The first-order valence-electron chi connectivity index (χ1n) is 8.02. The Hall–Kier alpha value is -0.910. The molecule has 0 spiro atoms. The summed E-state index contributed by atoms with van der Waals surface area (Å²) in [5.74, 6) is -0.664. The summed E-state index contributed by atoms with van der Waals surface area (Å²) in [6, 6.07) is 8.56. The maximum absolute atomic E-state index is 12.6. The maximum atomic E-state index is 12.6. The number of sulfone groups is 1. The van der Waals surface area contributed by atoms with Crippen LogP contribution in [-0.2, 0) is 19.3 Å². The molecule has 1 fully saturated rings. The lowest BCUT2D eigenvalue weighted by molar-refractivity contribution is -0.164. The molecule has 2 rings (SSSR count). The topological polar surface area (TPSA) is 52.6 Å². The van der Waals surface area contributed by atoms with Gasteiger partial charge >= 0.3 is 0 Å². The Balaban J connectivity index is 2.21. The highest BCUT2D eigenvalue weighted by molar-refractivity contribution is 7.91. The van der Waals surface area contributed by atoms with Crippen molar-refractivity contribution in [1.82, 2.24) is 0 Å². The molecule has 1 aromatic rings. The lowest BCUT2D eigenvalue weighted by Crippen LogP contribution is -2.45. The molecule has 1 aliphatic heterocycles. The largest absolute Gasteiger partial charge is 0.344 e. The minimum atomic E-state index is -3.33. The van der Waals surface area contributed by atoms with Crippen molar-refractivity contribution in [2.45, 2.75) is 70.4 Å². The van der Waals surface area contributed by atoms with Gasteiger partial charge in [-0.05, 0) is 44.7 Å². The smallest absolute Gasteiger partial charge is 0.178 e. The van der Waals surface area contributed by atoms with Gasteiger partial charge in [-0.3, -0.25) is 0 Å². The molecule has 0 radical (unpaired) electrons. The third kappa shape index (κ3) is 4.14. The highest BCUT2D eigenvalue weighted by Gasteiger charge is 2.54. The SMILES string of the molecule is CC1(C)O[C@H](C(C)(C)C)[C@@](C)(CCS(=O)(=O)c2ccccc2)O1. The van der Waals surface area contributed by atoms with Crippen LogP contribution in [0.3, 0.4) is 0 Å². The van der Waals surface area contributed by atoms with E-state index in [1.54, 1.807) is 24.3 Å². The molecule has 0 aliphatic carbocycles. The van der Waals surface area contributed by atoms with Crippen molar-refractivity contribution in [1.29, 1.82) is 0 Å². The lowest BCUT2D eigenvalue weighted by Gasteiger charge is -2.36. The summed E-state index contributed by atoms with van der Waals surface area (Å²) >= 11 is 0. The minimum absolute atomic E-state index is 0.0412. The highest BCUT2D eigenvalue weighted by Crippen LogP contribution is 2.46. The van der Waals surface area contributed by atoms with E-state index in [0.717, 1.165) is 0 Å². The second-order valence-electron chi connectivity index (χ2n) is 8.06. The van der Waals surface area contributed by atoms with Gasteiger partial charge in [-0.25, -0.2) is 8.42 Å². The van der Waals surface area contributed by atoms with Gasteiger partial charge in [0.05, 0.1) is 22.4 Å². The molecule has 2 atom stereocenters. The monoisotopic (exact) mass is 340 g/mol. The van der Waals surface area contributed by atoms with E-state index in [0.29, 0.717) is 11.3 Å². The molecule has 0 saturated carbocycles. The van der Waals surface area contributed by atoms with Gasteiger partial charge in [-0.1, -0.05) is 39.0 Å². The first-order chi connectivity index (χ1) is 10.4. The summed E-state index contributed by atoms with van der Waals surface area (Å²) in [4.78, 5) is 0.356. The Bertz CT molecular complexity index is 643. The maximum Gasteiger partial charge on any atom is 0.178 e. The first-order valence-corrected chi connectivity index (χ1v) is 9.67. The molecule has 1 heterocycles. The number of ether oxygens (including phenoxy) is 2. The van der Waals surface area contributed by atoms with Gasteiger partial charge in [0.1, 0.15) is 0 Å². The molecule has 0 unspecified atom stereocenters. The predicted molar refractivity (Wildman–Crippen MR) is 91.0 cm³/mol. The Labute approximate surface area is 140 Å². The van der Waals surface area contributed by atoms with E-state index >= 15 is 0 Å². The molecule has 23 heavy (non-hydrogen) atoms. The second-order valence-corrected chi connectivity index (χ2v) is 10.2. The summed E-state index contributed by atoms with van der Waals surface area (Å²) in [5.41, 5.74) is -0.775. The fourth-order valence-corrected chi connectivity index (χ4v) is 4.89. The normalized spacial score (nSPS) is 28.0. The summed E-state index contributed by atoms with van der Waals surface area (Å²) in [6.45, 7) is 12.0. The fourth-order valence-electron chi connectivity index (χ4n) is 3.41. The minimum Gasteiger partial charge on any atom is -0.344 e. The Morgan fingerprint density at radius 1 is 1.09 bits per heavy atom. The number of hydrogen-bond donors (Lipinski definition) is 0. The van der Waals surface area contributed by atoms with E-state index < -0.39 is 21.2 Å².